The van der Waals surface area contributed by atoms with E-state index in [4.69, 9.17) is 13.7 Å². The number of benzene rings is 3. The van der Waals surface area contributed by atoms with Crippen LogP contribution in [0.4, 0.5) is 0 Å². The minimum atomic E-state index is -0.305. The van der Waals surface area contributed by atoms with Gasteiger partial charge in [0.15, 0.2) is 0 Å². The topological polar surface area (TPSA) is 31.6 Å². The largest absolute Gasteiger partial charge is 0.461 e. The smallest absolute Gasteiger partial charge is 0.457 e. The summed E-state index contributed by atoms with van der Waals surface area (Å²) in [5, 5.41) is 6.96. The van der Waals surface area contributed by atoms with Gasteiger partial charge in [-0.2, -0.15) is 0 Å². The van der Waals surface area contributed by atoms with Gasteiger partial charge in [-0.05, 0) is 61.4 Å². The van der Waals surface area contributed by atoms with Crippen LogP contribution in [-0.4, -0.2) is 18.3 Å². The average molecular weight is 410 g/mol. The molecule has 0 aliphatic carbocycles. The van der Waals surface area contributed by atoms with E-state index in [9.17, 15) is 0 Å². The summed E-state index contributed by atoms with van der Waals surface area (Å²) >= 11 is 0. The summed E-state index contributed by atoms with van der Waals surface area (Å²) in [6, 6.07) is 17.1. The van der Waals surface area contributed by atoms with Crippen molar-refractivity contribution in [1.29, 1.82) is 0 Å². The molecule has 1 saturated heterocycles. The Hall–Kier alpha value is -2.82. The van der Waals surface area contributed by atoms with Gasteiger partial charge in [0.2, 0.25) is 0 Å². The molecule has 1 aromatic heterocycles. The minimum Gasteiger partial charge on any atom is -0.457 e. The summed E-state index contributed by atoms with van der Waals surface area (Å²) in [5.74, 6) is 0. The van der Waals surface area contributed by atoms with Crippen LogP contribution in [0.3, 0.4) is 0 Å². The van der Waals surface area contributed by atoms with Crippen LogP contribution >= 0.6 is 0 Å². The number of rotatable bonds is 3. The third-order valence-electron chi connectivity index (χ3n) is 6.70. The predicted molar refractivity (Wildman–Crippen MR) is 130 cm³/mol. The molecule has 0 radical (unpaired) electrons. The fourth-order valence-electron chi connectivity index (χ4n) is 4.26. The zero-order valence-corrected chi connectivity index (χ0v) is 18.6. The van der Waals surface area contributed by atoms with Crippen LogP contribution in [0.5, 0.6) is 0 Å². The van der Waals surface area contributed by atoms with Gasteiger partial charge in [0.1, 0.15) is 11.0 Å². The molecule has 0 atom stereocenters. The fourth-order valence-corrected chi connectivity index (χ4v) is 4.26. The van der Waals surface area contributed by atoms with E-state index in [-0.39, 0.29) is 18.3 Å². The first kappa shape index (κ1) is 20.1. The fraction of sp³-hybridized carbons (Fsp3) is 0.259. The molecule has 0 bridgehead atoms. The normalized spacial score (nSPS) is 18.8. The molecule has 0 amide bonds. The van der Waals surface area contributed by atoms with Crippen molar-refractivity contribution in [3.63, 3.8) is 0 Å². The molecular weight excluding hydrogens is 383 g/mol. The lowest BCUT2D eigenvalue weighted by atomic mass is 9.85. The van der Waals surface area contributed by atoms with Crippen LogP contribution < -0.4 is 10.6 Å². The van der Waals surface area contributed by atoms with Gasteiger partial charge in [-0.1, -0.05) is 61.2 Å². The molecule has 1 fully saturated rings. The monoisotopic (exact) mass is 410 g/mol. The second kappa shape index (κ2) is 7.11. The van der Waals surface area contributed by atoms with Crippen LogP contribution in [0.2, 0.25) is 6.32 Å². The Balaban J connectivity index is 1.51. The van der Waals surface area contributed by atoms with Crippen molar-refractivity contribution in [3.8, 4) is 0 Å². The van der Waals surface area contributed by atoms with Crippen molar-refractivity contribution >= 4 is 52.3 Å². The van der Waals surface area contributed by atoms with E-state index in [0.29, 0.717) is 11.7 Å². The maximum absolute atomic E-state index is 6.07. The zero-order valence-electron chi connectivity index (χ0n) is 18.6. The lowest BCUT2D eigenvalue weighted by Crippen LogP contribution is -2.41. The van der Waals surface area contributed by atoms with E-state index in [0.717, 1.165) is 16.2 Å². The molecule has 1 aliphatic rings. The molecule has 31 heavy (non-hydrogen) atoms. The van der Waals surface area contributed by atoms with Crippen LogP contribution in [0.1, 0.15) is 27.7 Å². The highest BCUT2D eigenvalue weighted by molar-refractivity contribution is 6.46. The average Bonchev–Trinajstić information content (AvgIpc) is 3.13. The third-order valence-corrected chi connectivity index (χ3v) is 6.70. The Morgan fingerprint density at radius 3 is 2.35 bits per heavy atom. The lowest BCUT2D eigenvalue weighted by Gasteiger charge is -2.32. The van der Waals surface area contributed by atoms with Crippen LogP contribution in [0.15, 0.2) is 65.1 Å². The Kier molecular flexibility index (Phi) is 4.61. The summed E-state index contributed by atoms with van der Waals surface area (Å²) in [5.41, 5.74) is 0.925. The molecule has 3 nitrogen and oxygen atoms in total. The number of hydrogen-bond acceptors (Lipinski definition) is 3. The van der Waals surface area contributed by atoms with Gasteiger partial charge >= 0.3 is 7.12 Å². The molecule has 0 spiro atoms. The van der Waals surface area contributed by atoms with Gasteiger partial charge in [0.25, 0.3) is 0 Å². The summed E-state index contributed by atoms with van der Waals surface area (Å²) in [6.45, 7) is 12.4. The van der Waals surface area contributed by atoms with Crippen molar-refractivity contribution in [1.82, 2.24) is 0 Å². The molecule has 3 aromatic carbocycles. The molecule has 0 saturated carbocycles. The van der Waals surface area contributed by atoms with Crippen molar-refractivity contribution in [3.05, 3.63) is 71.3 Å². The lowest BCUT2D eigenvalue weighted by molar-refractivity contribution is 0.00578. The second-order valence-corrected chi connectivity index (χ2v) is 9.31. The Morgan fingerprint density at radius 1 is 0.871 bits per heavy atom. The SMILES string of the molecule is C=c1oc2cc3ccc4ccccc4c3cc2/c1=C/C=C\CB1OC(C)(C)C(C)(C)O1. The van der Waals surface area contributed by atoms with Gasteiger partial charge in [-0.25, -0.2) is 0 Å². The Labute approximate surface area is 182 Å². The van der Waals surface area contributed by atoms with Crippen LogP contribution in [-0.2, 0) is 9.31 Å². The van der Waals surface area contributed by atoms with E-state index in [1.54, 1.807) is 0 Å². The van der Waals surface area contributed by atoms with E-state index >= 15 is 0 Å². The van der Waals surface area contributed by atoms with Gasteiger partial charge in [0, 0.05) is 16.9 Å². The summed E-state index contributed by atoms with van der Waals surface area (Å²) in [4.78, 5) is 0. The molecule has 1 aliphatic heterocycles. The molecule has 2 heterocycles. The predicted octanol–water partition coefficient (Wildman–Crippen LogP) is 5.58. The minimum absolute atomic E-state index is 0.231. The second-order valence-electron chi connectivity index (χ2n) is 9.31. The van der Waals surface area contributed by atoms with Gasteiger partial charge in [-0.3, -0.25) is 0 Å². The third kappa shape index (κ3) is 3.40. The van der Waals surface area contributed by atoms with E-state index in [2.05, 4.69) is 95.0 Å². The number of allylic oxidation sites excluding steroid dienone is 2. The molecule has 0 N–H and O–H groups in total. The van der Waals surface area contributed by atoms with Crippen LogP contribution in [0.25, 0.3) is 45.2 Å². The molecular formula is C27H27BO3. The molecule has 0 unspecified atom stereocenters. The van der Waals surface area contributed by atoms with Crippen molar-refractivity contribution in [2.75, 3.05) is 0 Å². The molecule has 5 rings (SSSR count). The highest BCUT2D eigenvalue weighted by atomic mass is 16.7. The van der Waals surface area contributed by atoms with Crippen molar-refractivity contribution in [2.24, 2.45) is 0 Å². The number of fused-ring (bicyclic) bond motifs is 4. The van der Waals surface area contributed by atoms with E-state index in [1.165, 1.54) is 21.5 Å². The maximum Gasteiger partial charge on any atom is 0.461 e. The first-order chi connectivity index (χ1) is 14.7. The molecule has 4 heteroatoms. The van der Waals surface area contributed by atoms with Crippen molar-refractivity contribution < 1.29 is 13.7 Å². The summed E-state index contributed by atoms with van der Waals surface area (Å²) < 4.78 is 18.1. The Bertz CT molecular complexity index is 1430. The zero-order chi connectivity index (χ0) is 21.8. The summed E-state index contributed by atoms with van der Waals surface area (Å²) in [6.07, 6.45) is 6.88. The molecule has 4 aromatic rings. The van der Waals surface area contributed by atoms with Gasteiger partial charge in [0.05, 0.1) is 11.2 Å². The Morgan fingerprint density at radius 2 is 1.58 bits per heavy atom. The quantitative estimate of drug-likeness (QED) is 0.327. The first-order valence-corrected chi connectivity index (χ1v) is 10.8. The first-order valence-electron chi connectivity index (χ1n) is 10.8. The van der Waals surface area contributed by atoms with Gasteiger partial charge < -0.3 is 13.7 Å². The maximum atomic E-state index is 6.07. The van der Waals surface area contributed by atoms with Gasteiger partial charge in [-0.15, -0.1) is 0 Å². The van der Waals surface area contributed by atoms with Crippen molar-refractivity contribution in [2.45, 2.75) is 45.2 Å². The number of hydrogen-bond donors (Lipinski definition) is 0. The number of furan rings is 1. The van der Waals surface area contributed by atoms with Crippen LogP contribution in [0, 0.1) is 0 Å². The standard InChI is InChI=1S/C27H27BO3/c1-18-21(11-8-9-15-28-30-26(2,3)27(4,5)31-28)24-17-23-20(16-25(24)29-18)14-13-19-10-6-7-12-22(19)23/h6-14,16-17H,1,15H2,2-5H3/b9-8-,21-11+. The molecule has 156 valence electrons. The van der Waals surface area contributed by atoms with E-state index in [1.807, 2.05) is 6.08 Å². The van der Waals surface area contributed by atoms with E-state index < -0.39 is 0 Å². The highest BCUT2D eigenvalue weighted by Crippen LogP contribution is 2.37. The summed E-state index contributed by atoms with van der Waals surface area (Å²) in [7, 11) is -0.231. The highest BCUT2D eigenvalue weighted by Gasteiger charge is 2.50.